The van der Waals surface area contributed by atoms with Gasteiger partial charge in [-0.1, -0.05) is 13.8 Å². The van der Waals surface area contributed by atoms with Crippen LogP contribution in [0.25, 0.3) is 0 Å². The molecule has 9 heteroatoms. The van der Waals surface area contributed by atoms with E-state index in [2.05, 4.69) is 39.5 Å². The second-order valence-corrected chi connectivity index (χ2v) is 6.64. The summed E-state index contributed by atoms with van der Waals surface area (Å²) < 4.78 is 40.3. The summed E-state index contributed by atoms with van der Waals surface area (Å²) in [4.78, 5) is 16.4. The van der Waals surface area contributed by atoms with Crippen molar-refractivity contribution < 1.29 is 22.7 Å². The number of nitrogens with zero attached hydrogens (tertiary/aromatic N) is 1. The number of anilines is 2. The second kappa shape index (κ2) is 9.29. The van der Waals surface area contributed by atoms with Gasteiger partial charge in [-0.05, 0) is 54.8 Å². The normalized spacial score (nSPS) is 12.4. The van der Waals surface area contributed by atoms with E-state index in [4.69, 9.17) is 0 Å². The minimum absolute atomic E-state index is 0.296. The van der Waals surface area contributed by atoms with Crippen molar-refractivity contribution in [3.8, 4) is 5.75 Å². The van der Waals surface area contributed by atoms with Crippen LogP contribution in [0.5, 0.6) is 5.75 Å². The van der Waals surface area contributed by atoms with Gasteiger partial charge in [0, 0.05) is 18.4 Å². The van der Waals surface area contributed by atoms with E-state index in [1.54, 1.807) is 12.3 Å². The number of carbonyl (C=O) groups is 1. The maximum absolute atomic E-state index is 12.2. The lowest BCUT2D eigenvalue weighted by Gasteiger charge is -2.16. The van der Waals surface area contributed by atoms with E-state index in [1.807, 2.05) is 13.0 Å². The van der Waals surface area contributed by atoms with E-state index in [-0.39, 0.29) is 11.8 Å². The second-order valence-electron chi connectivity index (χ2n) is 6.64. The van der Waals surface area contributed by atoms with Crippen molar-refractivity contribution in [2.75, 3.05) is 17.2 Å². The third-order valence-electron chi connectivity index (χ3n) is 3.67. The molecule has 0 spiro atoms. The van der Waals surface area contributed by atoms with E-state index in [0.717, 1.165) is 30.1 Å². The van der Waals surface area contributed by atoms with Crippen molar-refractivity contribution in [2.24, 2.45) is 5.92 Å². The van der Waals surface area contributed by atoms with Crippen LogP contribution in [0.2, 0.25) is 0 Å². The fraction of sp³-hybridized carbons (Fsp3) is 0.368. The van der Waals surface area contributed by atoms with Gasteiger partial charge in [0.1, 0.15) is 11.6 Å². The van der Waals surface area contributed by atoms with E-state index < -0.39 is 12.4 Å². The maximum atomic E-state index is 12.2. The molecule has 28 heavy (non-hydrogen) atoms. The number of urea groups is 1. The summed E-state index contributed by atoms with van der Waals surface area (Å²) in [6.07, 6.45) is -3.09. The van der Waals surface area contributed by atoms with Crippen LogP contribution in [0.1, 0.15) is 32.4 Å². The number of amides is 2. The highest BCUT2D eigenvalue weighted by molar-refractivity contribution is 5.89. The number of rotatable bonds is 7. The predicted octanol–water partition coefficient (Wildman–Crippen LogP) is 4.93. The lowest BCUT2D eigenvalue weighted by atomic mass is 10.1. The van der Waals surface area contributed by atoms with Gasteiger partial charge in [-0.25, -0.2) is 9.78 Å². The molecule has 152 valence electrons. The van der Waals surface area contributed by atoms with Gasteiger partial charge < -0.3 is 20.7 Å². The number of halogens is 3. The van der Waals surface area contributed by atoms with Crippen molar-refractivity contribution in [1.29, 1.82) is 0 Å². The summed E-state index contributed by atoms with van der Waals surface area (Å²) in [5.41, 5.74) is 1.21. The van der Waals surface area contributed by atoms with Gasteiger partial charge in [0.2, 0.25) is 0 Å². The molecule has 0 saturated carbocycles. The Morgan fingerprint density at radius 2 is 1.82 bits per heavy atom. The van der Waals surface area contributed by atoms with Crippen LogP contribution in [0.15, 0.2) is 42.6 Å². The molecule has 6 nitrogen and oxygen atoms in total. The molecule has 0 aliphatic heterocycles. The van der Waals surface area contributed by atoms with Gasteiger partial charge in [-0.15, -0.1) is 13.2 Å². The average molecular weight is 396 g/mol. The van der Waals surface area contributed by atoms with E-state index in [0.29, 0.717) is 11.6 Å². The van der Waals surface area contributed by atoms with Crippen LogP contribution in [0, 0.1) is 5.92 Å². The number of hydrogen-bond donors (Lipinski definition) is 3. The van der Waals surface area contributed by atoms with Gasteiger partial charge in [0.25, 0.3) is 0 Å². The molecular weight excluding hydrogens is 373 g/mol. The number of carbonyl (C=O) groups excluding carboxylic acids is 1. The zero-order chi connectivity index (χ0) is 20.7. The monoisotopic (exact) mass is 396 g/mol. The molecule has 0 radical (unpaired) electrons. The average Bonchev–Trinajstić information content (AvgIpc) is 2.60. The highest BCUT2D eigenvalue weighted by Crippen LogP contribution is 2.24. The Hall–Kier alpha value is -2.97. The predicted molar refractivity (Wildman–Crippen MR) is 101 cm³/mol. The molecule has 0 bridgehead atoms. The van der Waals surface area contributed by atoms with Crippen molar-refractivity contribution >= 4 is 17.5 Å². The van der Waals surface area contributed by atoms with Crippen molar-refractivity contribution in [1.82, 2.24) is 10.3 Å². The standard InChI is InChI=1S/C19H23F3N4O2/c1-12(2)11-24-17-10-14(8-9-23-17)13(3)25-18(27)26-15-4-6-16(7-5-15)28-19(20,21)22/h4-10,12-13H,11H2,1-3H3,(H,23,24)(H2,25,26,27). The number of nitrogens with one attached hydrogen (secondary N) is 3. The van der Waals surface area contributed by atoms with Crippen LogP contribution >= 0.6 is 0 Å². The topological polar surface area (TPSA) is 75.3 Å². The summed E-state index contributed by atoms with van der Waals surface area (Å²) in [5, 5.41) is 8.56. The molecule has 2 aromatic rings. The van der Waals surface area contributed by atoms with Gasteiger partial charge in [-0.2, -0.15) is 0 Å². The Bertz CT molecular complexity index is 779. The molecule has 1 unspecified atom stereocenters. The van der Waals surface area contributed by atoms with E-state index >= 15 is 0 Å². The third kappa shape index (κ3) is 7.34. The molecule has 3 N–H and O–H groups in total. The van der Waals surface area contributed by atoms with Crippen molar-refractivity contribution in [3.63, 3.8) is 0 Å². The Balaban J connectivity index is 1.91. The Kier molecular flexibility index (Phi) is 7.08. The first-order chi connectivity index (χ1) is 13.1. The molecule has 0 aliphatic carbocycles. The number of ether oxygens (including phenoxy) is 1. The van der Waals surface area contributed by atoms with E-state index in [9.17, 15) is 18.0 Å². The molecule has 1 atom stereocenters. The number of alkyl halides is 3. The first-order valence-corrected chi connectivity index (χ1v) is 8.75. The molecule has 2 amide bonds. The van der Waals surface area contributed by atoms with Gasteiger partial charge in [0.15, 0.2) is 0 Å². The third-order valence-corrected chi connectivity index (χ3v) is 3.67. The first kappa shape index (κ1) is 21.3. The molecular formula is C19H23F3N4O2. The molecule has 0 aliphatic rings. The Morgan fingerprint density at radius 3 is 2.43 bits per heavy atom. The number of pyridine rings is 1. The lowest BCUT2D eigenvalue weighted by molar-refractivity contribution is -0.274. The quantitative estimate of drug-likeness (QED) is 0.620. The summed E-state index contributed by atoms with van der Waals surface area (Å²) in [6.45, 7) is 6.79. The largest absolute Gasteiger partial charge is 0.573 e. The zero-order valence-electron chi connectivity index (χ0n) is 15.8. The summed E-state index contributed by atoms with van der Waals surface area (Å²) in [5.74, 6) is 0.838. The van der Waals surface area contributed by atoms with Gasteiger partial charge in [-0.3, -0.25) is 0 Å². The molecule has 1 aromatic heterocycles. The Labute approximate surface area is 161 Å². The molecule has 1 heterocycles. The molecule has 0 saturated heterocycles. The van der Waals surface area contributed by atoms with Crippen LogP contribution < -0.4 is 20.7 Å². The molecule has 0 fully saturated rings. The van der Waals surface area contributed by atoms with Gasteiger partial charge in [0.05, 0.1) is 6.04 Å². The fourth-order valence-corrected chi connectivity index (χ4v) is 2.31. The van der Waals surface area contributed by atoms with Crippen LogP contribution in [-0.2, 0) is 0 Å². The van der Waals surface area contributed by atoms with E-state index in [1.165, 1.54) is 12.1 Å². The summed E-state index contributed by atoms with van der Waals surface area (Å²) in [7, 11) is 0. The Morgan fingerprint density at radius 1 is 1.14 bits per heavy atom. The van der Waals surface area contributed by atoms with Crippen molar-refractivity contribution in [2.45, 2.75) is 33.2 Å². The van der Waals surface area contributed by atoms with Crippen LogP contribution in [-0.4, -0.2) is 23.9 Å². The highest BCUT2D eigenvalue weighted by Gasteiger charge is 2.30. The maximum Gasteiger partial charge on any atom is 0.573 e. The smallest absolute Gasteiger partial charge is 0.406 e. The minimum atomic E-state index is -4.75. The highest BCUT2D eigenvalue weighted by atomic mass is 19.4. The first-order valence-electron chi connectivity index (χ1n) is 8.75. The SMILES string of the molecule is CC(C)CNc1cc(C(C)NC(=O)Nc2ccc(OC(F)(F)F)cc2)ccn1. The number of hydrogen-bond acceptors (Lipinski definition) is 4. The fourth-order valence-electron chi connectivity index (χ4n) is 2.31. The number of benzene rings is 1. The minimum Gasteiger partial charge on any atom is -0.406 e. The molecule has 2 rings (SSSR count). The van der Waals surface area contributed by atoms with Crippen molar-refractivity contribution in [3.05, 3.63) is 48.2 Å². The number of aromatic nitrogens is 1. The van der Waals surface area contributed by atoms with Crippen LogP contribution in [0.4, 0.5) is 29.5 Å². The van der Waals surface area contributed by atoms with Crippen LogP contribution in [0.3, 0.4) is 0 Å². The zero-order valence-corrected chi connectivity index (χ0v) is 15.8. The molecule has 1 aromatic carbocycles. The van der Waals surface area contributed by atoms with Gasteiger partial charge >= 0.3 is 12.4 Å². The summed E-state index contributed by atoms with van der Waals surface area (Å²) in [6, 6.07) is 7.79. The lowest BCUT2D eigenvalue weighted by Crippen LogP contribution is -2.31. The summed E-state index contributed by atoms with van der Waals surface area (Å²) >= 11 is 0.